The average molecular weight is 350 g/mol. The molecule has 1 aromatic heterocycles. The Morgan fingerprint density at radius 1 is 1.38 bits per heavy atom. The predicted octanol–water partition coefficient (Wildman–Crippen LogP) is 2.70. The number of thiazole rings is 1. The molecule has 0 radical (unpaired) electrons. The Bertz CT molecular complexity index is 761. The molecule has 24 heavy (non-hydrogen) atoms. The maximum Gasteiger partial charge on any atom is 0.404 e. The highest BCUT2D eigenvalue weighted by Crippen LogP contribution is 2.27. The second-order valence-corrected chi connectivity index (χ2v) is 5.59. The minimum absolute atomic E-state index is 0.0305. The number of nitro benzene ring substituents is 1. The van der Waals surface area contributed by atoms with Crippen molar-refractivity contribution in [1.82, 2.24) is 10.3 Å². The molecule has 2 rings (SSSR count). The molecule has 2 aromatic rings. The topological polar surface area (TPSA) is 134 Å². The first-order chi connectivity index (χ1) is 11.5. The molecule has 3 N–H and O–H groups in total. The van der Waals surface area contributed by atoms with Gasteiger partial charge < -0.3 is 15.7 Å². The van der Waals surface area contributed by atoms with Crippen molar-refractivity contribution in [2.24, 2.45) is 0 Å². The first kappa shape index (κ1) is 17.3. The van der Waals surface area contributed by atoms with Gasteiger partial charge in [-0.3, -0.25) is 14.9 Å². The first-order valence-electron chi connectivity index (χ1n) is 6.92. The fraction of sp³-hybridized carbons (Fsp3) is 0.214. The molecular weight excluding hydrogens is 336 g/mol. The zero-order chi connectivity index (χ0) is 17.5. The van der Waals surface area contributed by atoms with Crippen LogP contribution in [0.2, 0.25) is 0 Å². The lowest BCUT2D eigenvalue weighted by Crippen LogP contribution is -2.23. The maximum absolute atomic E-state index is 11.7. The van der Waals surface area contributed by atoms with Crippen LogP contribution in [0.4, 0.5) is 15.6 Å². The van der Waals surface area contributed by atoms with Gasteiger partial charge in [0.05, 0.1) is 10.6 Å². The van der Waals surface area contributed by atoms with Gasteiger partial charge in [0.2, 0.25) is 5.91 Å². The van der Waals surface area contributed by atoms with Crippen LogP contribution < -0.4 is 10.6 Å². The van der Waals surface area contributed by atoms with Gasteiger partial charge in [0.15, 0.2) is 5.13 Å². The predicted molar refractivity (Wildman–Crippen MR) is 88.1 cm³/mol. The smallest absolute Gasteiger partial charge is 0.404 e. The minimum atomic E-state index is -1.13. The van der Waals surface area contributed by atoms with Crippen LogP contribution in [0.5, 0.6) is 0 Å². The third kappa shape index (κ3) is 5.02. The SMILES string of the molecule is O=C(O)NCCCC(=O)Nc1nc(-c2cccc([N+](=O)[O-])c2)cs1. The summed E-state index contributed by atoms with van der Waals surface area (Å²) < 4.78 is 0. The molecular formula is C14H14N4O5S. The summed E-state index contributed by atoms with van der Waals surface area (Å²) in [6.45, 7) is 0.194. The van der Waals surface area contributed by atoms with E-state index in [-0.39, 0.29) is 24.6 Å². The summed E-state index contributed by atoms with van der Waals surface area (Å²) in [4.78, 5) is 36.6. The summed E-state index contributed by atoms with van der Waals surface area (Å²) in [5.41, 5.74) is 1.09. The molecule has 0 saturated heterocycles. The molecule has 1 heterocycles. The van der Waals surface area contributed by atoms with Crippen molar-refractivity contribution in [3.63, 3.8) is 0 Å². The molecule has 0 saturated carbocycles. The Balaban J connectivity index is 1.93. The van der Waals surface area contributed by atoms with Gasteiger partial charge in [-0.2, -0.15) is 0 Å². The Labute approximate surface area is 140 Å². The number of anilines is 1. The fourth-order valence-electron chi connectivity index (χ4n) is 1.87. The number of nitrogens with zero attached hydrogens (tertiary/aromatic N) is 2. The highest BCUT2D eigenvalue weighted by Gasteiger charge is 2.11. The molecule has 10 heteroatoms. The largest absolute Gasteiger partial charge is 0.465 e. The van der Waals surface area contributed by atoms with Crippen LogP contribution in [0.3, 0.4) is 0 Å². The minimum Gasteiger partial charge on any atom is -0.465 e. The Kier molecular flexibility index (Phi) is 5.79. The van der Waals surface area contributed by atoms with Crippen LogP contribution in [0.25, 0.3) is 11.3 Å². The van der Waals surface area contributed by atoms with E-state index in [0.717, 1.165) is 0 Å². The van der Waals surface area contributed by atoms with Crippen LogP contribution in [-0.4, -0.2) is 33.6 Å². The number of rotatable bonds is 7. The zero-order valence-electron chi connectivity index (χ0n) is 12.4. The number of hydrogen-bond acceptors (Lipinski definition) is 6. The van der Waals surface area contributed by atoms with Crippen LogP contribution in [0.15, 0.2) is 29.6 Å². The van der Waals surface area contributed by atoms with Crippen LogP contribution in [0.1, 0.15) is 12.8 Å². The van der Waals surface area contributed by atoms with E-state index in [1.807, 2.05) is 0 Å². The lowest BCUT2D eigenvalue weighted by molar-refractivity contribution is -0.384. The van der Waals surface area contributed by atoms with Gasteiger partial charge in [0, 0.05) is 36.0 Å². The third-order valence-electron chi connectivity index (χ3n) is 2.96. The average Bonchev–Trinajstić information content (AvgIpc) is 3.00. The number of carbonyl (C=O) groups is 2. The Hall–Kier alpha value is -3.01. The van der Waals surface area contributed by atoms with Crippen LogP contribution >= 0.6 is 11.3 Å². The number of carboxylic acid groups (broad SMARTS) is 1. The van der Waals surface area contributed by atoms with Gasteiger partial charge in [-0.1, -0.05) is 12.1 Å². The number of aromatic nitrogens is 1. The third-order valence-corrected chi connectivity index (χ3v) is 3.72. The van der Waals surface area contributed by atoms with Gasteiger partial charge >= 0.3 is 6.09 Å². The van der Waals surface area contributed by atoms with Gasteiger partial charge in [-0.15, -0.1) is 11.3 Å². The number of non-ortho nitro benzene ring substituents is 1. The molecule has 9 nitrogen and oxygen atoms in total. The molecule has 0 spiro atoms. The summed E-state index contributed by atoms with van der Waals surface area (Å²) in [5.74, 6) is -0.276. The van der Waals surface area contributed by atoms with E-state index >= 15 is 0 Å². The molecule has 0 aliphatic heterocycles. The summed E-state index contributed by atoms with van der Waals surface area (Å²) in [7, 11) is 0. The molecule has 1 aromatic carbocycles. The van der Waals surface area contributed by atoms with Gasteiger partial charge in [-0.05, 0) is 6.42 Å². The number of nitrogens with one attached hydrogen (secondary N) is 2. The monoisotopic (exact) mass is 350 g/mol. The summed E-state index contributed by atoms with van der Waals surface area (Å²) in [6, 6.07) is 6.08. The van der Waals surface area contributed by atoms with Crippen molar-refractivity contribution in [3.05, 3.63) is 39.8 Å². The van der Waals surface area contributed by atoms with Gasteiger partial charge in [0.1, 0.15) is 0 Å². The number of nitro groups is 1. The number of benzene rings is 1. The van der Waals surface area contributed by atoms with E-state index < -0.39 is 11.0 Å². The normalized spacial score (nSPS) is 10.2. The number of carbonyl (C=O) groups excluding carboxylic acids is 1. The second kappa shape index (κ2) is 8.02. The summed E-state index contributed by atoms with van der Waals surface area (Å²) in [6.07, 6.45) is -0.593. The first-order valence-corrected chi connectivity index (χ1v) is 7.80. The highest BCUT2D eigenvalue weighted by atomic mass is 32.1. The van der Waals surface area contributed by atoms with Crippen molar-refractivity contribution in [2.75, 3.05) is 11.9 Å². The molecule has 0 aliphatic carbocycles. The van der Waals surface area contributed by atoms with Gasteiger partial charge in [-0.25, -0.2) is 9.78 Å². The van der Waals surface area contributed by atoms with Crippen molar-refractivity contribution in [3.8, 4) is 11.3 Å². The maximum atomic E-state index is 11.7. The second-order valence-electron chi connectivity index (χ2n) is 4.73. The number of hydrogen-bond donors (Lipinski definition) is 3. The van der Waals surface area contributed by atoms with Crippen molar-refractivity contribution in [1.29, 1.82) is 0 Å². The molecule has 0 fully saturated rings. The molecule has 2 amide bonds. The van der Waals surface area contributed by atoms with E-state index in [4.69, 9.17) is 5.11 Å². The molecule has 0 bridgehead atoms. The lowest BCUT2D eigenvalue weighted by Gasteiger charge is -2.02. The summed E-state index contributed by atoms with van der Waals surface area (Å²) in [5, 5.41) is 26.1. The standard InChI is InChI=1S/C14H14N4O5S/c19-12(5-2-6-15-14(20)21)17-13-16-11(8-24-13)9-3-1-4-10(7-9)18(22)23/h1,3-4,7-8,15H,2,5-6H2,(H,20,21)(H,16,17,19). The lowest BCUT2D eigenvalue weighted by atomic mass is 10.1. The quantitative estimate of drug-likeness (QED) is 0.399. The molecule has 0 aliphatic rings. The van der Waals surface area contributed by atoms with Gasteiger partial charge in [0.25, 0.3) is 5.69 Å². The van der Waals surface area contributed by atoms with Crippen molar-refractivity contribution in [2.45, 2.75) is 12.8 Å². The van der Waals surface area contributed by atoms with Crippen molar-refractivity contribution < 1.29 is 19.6 Å². The van der Waals surface area contributed by atoms with Crippen LogP contribution in [-0.2, 0) is 4.79 Å². The van der Waals surface area contributed by atoms with Crippen molar-refractivity contribution >= 4 is 34.2 Å². The summed E-state index contributed by atoms with van der Waals surface area (Å²) >= 11 is 1.21. The molecule has 0 unspecified atom stereocenters. The van der Waals surface area contributed by atoms with Crippen LogP contribution in [0, 0.1) is 10.1 Å². The molecule has 126 valence electrons. The zero-order valence-corrected chi connectivity index (χ0v) is 13.2. The van der Waals surface area contributed by atoms with E-state index in [1.165, 1.54) is 23.5 Å². The highest BCUT2D eigenvalue weighted by molar-refractivity contribution is 7.14. The number of amides is 2. The van der Waals surface area contributed by atoms with E-state index in [2.05, 4.69) is 15.6 Å². The van der Waals surface area contributed by atoms with E-state index in [0.29, 0.717) is 22.8 Å². The fourth-order valence-corrected chi connectivity index (χ4v) is 2.60. The van der Waals surface area contributed by atoms with E-state index in [1.54, 1.807) is 17.5 Å². The van der Waals surface area contributed by atoms with E-state index in [9.17, 15) is 19.7 Å². The molecule has 0 atom stereocenters. The Morgan fingerprint density at radius 2 is 2.17 bits per heavy atom. The Morgan fingerprint density at radius 3 is 2.88 bits per heavy atom.